The number of anilines is 1. The monoisotopic (exact) mass is 302 g/mol. The number of carbonyl (C=O) groups excluding carboxylic acids is 1. The van der Waals surface area contributed by atoms with Gasteiger partial charge in [-0.2, -0.15) is 0 Å². The minimum absolute atomic E-state index is 0.139. The molecule has 0 radical (unpaired) electrons. The number of hydrogen-bond donors (Lipinski definition) is 1. The van der Waals surface area contributed by atoms with Gasteiger partial charge in [-0.05, 0) is 35.6 Å². The number of rotatable bonds is 3. The molecule has 108 valence electrons. The van der Waals surface area contributed by atoms with Gasteiger partial charge in [-0.1, -0.05) is 6.92 Å². The molecule has 2 heterocycles. The van der Waals surface area contributed by atoms with E-state index >= 15 is 0 Å². The molecule has 0 aliphatic rings. The molecule has 2 aromatic heterocycles. The van der Waals surface area contributed by atoms with Crippen LogP contribution in [0.5, 0.6) is 0 Å². The Labute approximate surface area is 124 Å². The van der Waals surface area contributed by atoms with Crippen LogP contribution in [0.15, 0.2) is 38.9 Å². The number of fused-ring (bicyclic) bond motifs is 1. The number of aromatic nitrogens is 1. The van der Waals surface area contributed by atoms with Gasteiger partial charge in [-0.15, -0.1) is 11.3 Å². The van der Waals surface area contributed by atoms with Gasteiger partial charge in [-0.3, -0.25) is 9.36 Å². The van der Waals surface area contributed by atoms with Crippen LogP contribution in [-0.2, 0) is 13.5 Å². The quantitative estimate of drug-likeness (QED) is 0.809. The van der Waals surface area contributed by atoms with Crippen LogP contribution >= 0.6 is 11.3 Å². The van der Waals surface area contributed by atoms with E-state index in [1.54, 1.807) is 25.2 Å². The Morgan fingerprint density at radius 2 is 2.19 bits per heavy atom. The number of benzene rings is 1. The van der Waals surface area contributed by atoms with Crippen molar-refractivity contribution < 1.29 is 9.21 Å². The molecule has 0 aliphatic heterocycles. The van der Waals surface area contributed by atoms with Crippen molar-refractivity contribution >= 4 is 34.0 Å². The summed E-state index contributed by atoms with van der Waals surface area (Å²) in [5, 5.41) is 4.75. The van der Waals surface area contributed by atoms with E-state index in [9.17, 15) is 9.59 Å². The SMILES string of the molecule is CCc1ccsc1C(=O)Nc1ccc2c(c1)oc(=O)n2C. The fourth-order valence-electron chi connectivity index (χ4n) is 2.21. The van der Waals surface area contributed by atoms with E-state index in [0.717, 1.165) is 12.0 Å². The van der Waals surface area contributed by atoms with Gasteiger partial charge in [-0.25, -0.2) is 4.79 Å². The van der Waals surface area contributed by atoms with Crippen molar-refractivity contribution in [2.45, 2.75) is 13.3 Å². The van der Waals surface area contributed by atoms with Gasteiger partial charge < -0.3 is 9.73 Å². The smallest absolute Gasteiger partial charge is 0.408 e. The second kappa shape index (κ2) is 5.21. The largest absolute Gasteiger partial charge is 0.419 e. The normalized spacial score (nSPS) is 11.0. The summed E-state index contributed by atoms with van der Waals surface area (Å²) in [6.07, 6.45) is 0.818. The number of aryl methyl sites for hydroxylation is 2. The topological polar surface area (TPSA) is 64.2 Å². The summed E-state index contributed by atoms with van der Waals surface area (Å²) in [6.45, 7) is 2.02. The molecule has 0 saturated heterocycles. The lowest BCUT2D eigenvalue weighted by atomic mass is 10.2. The molecule has 1 N–H and O–H groups in total. The maximum Gasteiger partial charge on any atom is 0.419 e. The standard InChI is InChI=1S/C15H14N2O3S/c1-3-9-6-7-21-13(9)14(18)16-10-4-5-11-12(8-10)20-15(19)17(11)2/h4-8H,3H2,1-2H3,(H,16,18). The highest BCUT2D eigenvalue weighted by molar-refractivity contribution is 7.12. The maximum atomic E-state index is 12.3. The van der Waals surface area contributed by atoms with Crippen molar-refractivity contribution in [2.24, 2.45) is 7.05 Å². The molecule has 3 aromatic rings. The zero-order valence-electron chi connectivity index (χ0n) is 11.7. The summed E-state index contributed by atoms with van der Waals surface area (Å²) in [7, 11) is 1.64. The first-order valence-electron chi connectivity index (χ1n) is 6.57. The van der Waals surface area contributed by atoms with E-state index in [-0.39, 0.29) is 5.91 Å². The molecule has 0 atom stereocenters. The van der Waals surface area contributed by atoms with E-state index in [1.807, 2.05) is 18.4 Å². The molecule has 21 heavy (non-hydrogen) atoms. The lowest BCUT2D eigenvalue weighted by Gasteiger charge is -2.05. The first-order valence-corrected chi connectivity index (χ1v) is 7.45. The highest BCUT2D eigenvalue weighted by Gasteiger charge is 2.13. The van der Waals surface area contributed by atoms with E-state index in [0.29, 0.717) is 21.7 Å². The number of amides is 1. The van der Waals surface area contributed by atoms with Gasteiger partial charge in [0, 0.05) is 18.8 Å². The Kier molecular flexibility index (Phi) is 3.39. The molecule has 3 rings (SSSR count). The predicted molar refractivity (Wildman–Crippen MR) is 83.1 cm³/mol. The number of carbonyl (C=O) groups is 1. The molecule has 0 unspecified atom stereocenters. The summed E-state index contributed by atoms with van der Waals surface area (Å²) >= 11 is 1.42. The summed E-state index contributed by atoms with van der Waals surface area (Å²) in [5.41, 5.74) is 2.80. The molecule has 0 aliphatic carbocycles. The minimum atomic E-state index is -0.417. The van der Waals surface area contributed by atoms with Crippen molar-refractivity contribution in [3.63, 3.8) is 0 Å². The Hall–Kier alpha value is -2.34. The van der Waals surface area contributed by atoms with Crippen LogP contribution in [0, 0.1) is 0 Å². The highest BCUT2D eigenvalue weighted by Crippen LogP contribution is 2.21. The van der Waals surface area contributed by atoms with Crippen molar-refractivity contribution in [3.05, 3.63) is 50.6 Å². The Balaban J connectivity index is 1.91. The fraction of sp³-hybridized carbons (Fsp3) is 0.200. The van der Waals surface area contributed by atoms with Crippen LogP contribution < -0.4 is 11.1 Å². The van der Waals surface area contributed by atoms with Gasteiger partial charge in [0.1, 0.15) is 0 Å². The molecule has 0 fully saturated rings. The van der Waals surface area contributed by atoms with Crippen molar-refractivity contribution in [1.82, 2.24) is 4.57 Å². The maximum absolute atomic E-state index is 12.3. The molecular formula is C15H14N2O3S. The third-order valence-corrected chi connectivity index (χ3v) is 4.34. The Morgan fingerprint density at radius 3 is 2.95 bits per heavy atom. The summed E-state index contributed by atoms with van der Waals surface area (Å²) in [4.78, 5) is 24.4. The summed E-state index contributed by atoms with van der Waals surface area (Å²) < 4.78 is 6.54. The van der Waals surface area contributed by atoms with Crippen molar-refractivity contribution in [2.75, 3.05) is 5.32 Å². The van der Waals surface area contributed by atoms with Crippen LogP contribution in [0.1, 0.15) is 22.2 Å². The lowest BCUT2D eigenvalue weighted by Crippen LogP contribution is -2.11. The van der Waals surface area contributed by atoms with Crippen molar-refractivity contribution in [3.8, 4) is 0 Å². The van der Waals surface area contributed by atoms with Gasteiger partial charge in [0.15, 0.2) is 5.58 Å². The van der Waals surface area contributed by atoms with Gasteiger partial charge >= 0.3 is 5.76 Å². The number of nitrogens with zero attached hydrogens (tertiary/aromatic N) is 1. The first-order chi connectivity index (χ1) is 10.1. The summed E-state index contributed by atoms with van der Waals surface area (Å²) in [6, 6.07) is 7.13. The predicted octanol–water partition coefficient (Wildman–Crippen LogP) is 3.01. The van der Waals surface area contributed by atoms with Crippen molar-refractivity contribution in [1.29, 1.82) is 0 Å². The van der Waals surface area contributed by atoms with E-state index in [1.165, 1.54) is 15.9 Å². The van der Waals surface area contributed by atoms with Gasteiger partial charge in [0.25, 0.3) is 5.91 Å². The molecular weight excluding hydrogens is 288 g/mol. The average Bonchev–Trinajstić information content (AvgIpc) is 3.04. The summed E-state index contributed by atoms with van der Waals surface area (Å²) in [5.74, 6) is -0.556. The van der Waals surface area contributed by atoms with E-state index in [2.05, 4.69) is 5.32 Å². The number of nitrogens with one attached hydrogen (secondary N) is 1. The number of hydrogen-bond acceptors (Lipinski definition) is 4. The zero-order valence-corrected chi connectivity index (χ0v) is 12.5. The van der Waals surface area contributed by atoms with Gasteiger partial charge in [0.05, 0.1) is 10.4 Å². The van der Waals surface area contributed by atoms with Crippen LogP contribution in [0.2, 0.25) is 0 Å². The molecule has 1 amide bonds. The lowest BCUT2D eigenvalue weighted by molar-refractivity contribution is 0.103. The molecule has 0 saturated carbocycles. The number of oxazole rings is 1. The third-order valence-electron chi connectivity index (χ3n) is 3.38. The van der Waals surface area contributed by atoms with Crippen LogP contribution in [0.4, 0.5) is 5.69 Å². The fourth-order valence-corrected chi connectivity index (χ4v) is 3.10. The first kappa shape index (κ1) is 13.6. The minimum Gasteiger partial charge on any atom is -0.408 e. The van der Waals surface area contributed by atoms with Gasteiger partial charge in [0.2, 0.25) is 0 Å². The molecule has 1 aromatic carbocycles. The van der Waals surface area contributed by atoms with E-state index < -0.39 is 5.76 Å². The molecule has 0 spiro atoms. The molecule has 6 heteroatoms. The van der Waals surface area contributed by atoms with Crippen LogP contribution in [0.25, 0.3) is 11.1 Å². The number of thiophene rings is 1. The third kappa shape index (κ3) is 2.38. The van der Waals surface area contributed by atoms with E-state index in [4.69, 9.17) is 4.42 Å². The van der Waals surface area contributed by atoms with Crippen LogP contribution in [-0.4, -0.2) is 10.5 Å². The Bertz CT molecular complexity index is 873. The second-order valence-electron chi connectivity index (χ2n) is 4.69. The average molecular weight is 302 g/mol. The Morgan fingerprint density at radius 1 is 1.38 bits per heavy atom. The second-order valence-corrected chi connectivity index (χ2v) is 5.61. The molecule has 0 bridgehead atoms. The van der Waals surface area contributed by atoms with Crippen LogP contribution in [0.3, 0.4) is 0 Å². The highest BCUT2D eigenvalue weighted by atomic mass is 32.1. The molecule has 5 nitrogen and oxygen atoms in total. The zero-order chi connectivity index (χ0) is 15.0.